The van der Waals surface area contributed by atoms with E-state index in [9.17, 15) is 13.2 Å². The number of halogens is 3. The van der Waals surface area contributed by atoms with Gasteiger partial charge in [0.05, 0.1) is 12.7 Å². The molecule has 3 atom stereocenters. The predicted molar refractivity (Wildman–Crippen MR) is 122 cm³/mol. The van der Waals surface area contributed by atoms with E-state index in [1.54, 1.807) is 48.5 Å². The first-order chi connectivity index (χ1) is 16.0. The van der Waals surface area contributed by atoms with Crippen LogP contribution in [0, 0.1) is 23.4 Å². The summed E-state index contributed by atoms with van der Waals surface area (Å²) in [5.74, 6) is -1.42. The standard InChI is InChI=1S/C28H27F3O2/c1-17-2-9-21(32-15-17)10-3-18-4-11-22(25(29)14-18)19-5-7-20(8-6-19)23-12-13-24(26-16-33-26)28(31)27(23)30/h4-8,11-14,17,21,26H,2-3,9-10,15-16H2,1H3. The zero-order chi connectivity index (χ0) is 22.9. The van der Waals surface area contributed by atoms with Gasteiger partial charge in [-0.15, -0.1) is 0 Å². The number of hydrogen-bond donors (Lipinski definition) is 0. The predicted octanol–water partition coefficient (Wildman–Crippen LogP) is 7.26. The molecule has 0 aromatic heterocycles. The van der Waals surface area contributed by atoms with E-state index in [4.69, 9.17) is 9.47 Å². The molecule has 2 heterocycles. The van der Waals surface area contributed by atoms with Crippen molar-refractivity contribution in [3.63, 3.8) is 0 Å². The highest BCUT2D eigenvalue weighted by molar-refractivity contribution is 5.71. The first kappa shape index (κ1) is 22.2. The lowest BCUT2D eigenvalue weighted by atomic mass is 9.95. The van der Waals surface area contributed by atoms with Crippen LogP contribution in [0.1, 0.15) is 43.4 Å². The van der Waals surface area contributed by atoms with Crippen LogP contribution >= 0.6 is 0 Å². The molecule has 0 saturated carbocycles. The molecule has 2 saturated heterocycles. The lowest BCUT2D eigenvalue weighted by Gasteiger charge is -2.26. The number of benzene rings is 3. The van der Waals surface area contributed by atoms with Crippen LogP contribution in [-0.2, 0) is 15.9 Å². The van der Waals surface area contributed by atoms with Crippen LogP contribution in [0.4, 0.5) is 13.2 Å². The molecule has 0 amide bonds. The van der Waals surface area contributed by atoms with Crippen LogP contribution in [0.15, 0.2) is 54.6 Å². The second kappa shape index (κ2) is 9.32. The van der Waals surface area contributed by atoms with Gasteiger partial charge in [-0.2, -0.15) is 0 Å². The molecule has 33 heavy (non-hydrogen) atoms. The summed E-state index contributed by atoms with van der Waals surface area (Å²) in [6.45, 7) is 3.43. The molecule has 5 heteroatoms. The summed E-state index contributed by atoms with van der Waals surface area (Å²) >= 11 is 0. The Labute approximate surface area is 192 Å². The summed E-state index contributed by atoms with van der Waals surface area (Å²) in [5, 5.41) is 0. The van der Waals surface area contributed by atoms with Crippen LogP contribution < -0.4 is 0 Å². The van der Waals surface area contributed by atoms with Crippen molar-refractivity contribution in [2.45, 2.75) is 44.8 Å². The van der Waals surface area contributed by atoms with Gasteiger partial charge in [-0.1, -0.05) is 55.5 Å². The van der Waals surface area contributed by atoms with Crippen LogP contribution in [0.5, 0.6) is 0 Å². The quantitative estimate of drug-likeness (QED) is 0.367. The van der Waals surface area contributed by atoms with Crippen LogP contribution in [-0.4, -0.2) is 19.3 Å². The number of aryl methyl sites for hydroxylation is 1. The van der Waals surface area contributed by atoms with Gasteiger partial charge in [-0.25, -0.2) is 13.2 Å². The highest BCUT2D eigenvalue weighted by Gasteiger charge is 2.30. The Morgan fingerprint density at radius 1 is 0.788 bits per heavy atom. The van der Waals surface area contributed by atoms with Crippen molar-refractivity contribution in [2.24, 2.45) is 5.92 Å². The van der Waals surface area contributed by atoms with E-state index < -0.39 is 11.6 Å². The normalized spacial score (nSPS) is 22.4. The number of epoxide rings is 1. The fourth-order valence-electron chi connectivity index (χ4n) is 4.53. The van der Waals surface area contributed by atoms with Crippen molar-refractivity contribution in [2.75, 3.05) is 13.2 Å². The Kier molecular flexibility index (Phi) is 6.26. The van der Waals surface area contributed by atoms with Crippen LogP contribution in [0.2, 0.25) is 0 Å². The molecule has 2 aliphatic rings. The van der Waals surface area contributed by atoms with E-state index >= 15 is 0 Å². The minimum Gasteiger partial charge on any atom is -0.378 e. The summed E-state index contributed by atoms with van der Waals surface area (Å²) in [7, 11) is 0. The van der Waals surface area contributed by atoms with Crippen LogP contribution in [0.3, 0.4) is 0 Å². The van der Waals surface area contributed by atoms with E-state index in [0.29, 0.717) is 29.2 Å². The molecule has 0 aliphatic carbocycles. The largest absolute Gasteiger partial charge is 0.378 e. The third kappa shape index (κ3) is 4.85. The molecule has 2 fully saturated rings. The van der Waals surface area contributed by atoms with Crippen molar-refractivity contribution in [3.8, 4) is 22.3 Å². The number of hydrogen-bond acceptors (Lipinski definition) is 2. The van der Waals surface area contributed by atoms with Gasteiger partial charge in [0.25, 0.3) is 0 Å². The smallest absolute Gasteiger partial charge is 0.167 e. The van der Waals surface area contributed by atoms with Gasteiger partial charge in [0.15, 0.2) is 11.6 Å². The molecule has 2 nitrogen and oxygen atoms in total. The van der Waals surface area contributed by atoms with E-state index in [-0.39, 0.29) is 29.2 Å². The van der Waals surface area contributed by atoms with Gasteiger partial charge < -0.3 is 9.47 Å². The van der Waals surface area contributed by atoms with E-state index in [1.807, 2.05) is 6.07 Å². The molecule has 0 bridgehead atoms. The maximum absolute atomic E-state index is 14.9. The summed E-state index contributed by atoms with van der Waals surface area (Å²) in [5.41, 5.74) is 3.10. The Hall–Kier alpha value is -2.63. The van der Waals surface area contributed by atoms with Crippen molar-refractivity contribution in [1.29, 1.82) is 0 Å². The summed E-state index contributed by atoms with van der Waals surface area (Å²) in [6, 6.07) is 15.3. The monoisotopic (exact) mass is 452 g/mol. The van der Waals surface area contributed by atoms with E-state index in [0.717, 1.165) is 31.4 Å². The summed E-state index contributed by atoms with van der Waals surface area (Å²) < 4.78 is 54.8. The first-order valence-electron chi connectivity index (χ1n) is 11.6. The molecule has 3 unspecified atom stereocenters. The lowest BCUT2D eigenvalue weighted by molar-refractivity contribution is -0.0147. The fourth-order valence-corrected chi connectivity index (χ4v) is 4.53. The third-order valence-corrected chi connectivity index (χ3v) is 6.69. The number of ether oxygens (including phenoxy) is 2. The second-order valence-electron chi connectivity index (χ2n) is 9.22. The Morgan fingerprint density at radius 3 is 2.12 bits per heavy atom. The minimum absolute atomic E-state index is 0.179. The average molecular weight is 453 g/mol. The van der Waals surface area contributed by atoms with Crippen molar-refractivity contribution < 1.29 is 22.6 Å². The molecule has 0 radical (unpaired) electrons. The molecule has 172 valence electrons. The summed E-state index contributed by atoms with van der Waals surface area (Å²) in [6.07, 6.45) is 3.84. The maximum Gasteiger partial charge on any atom is 0.167 e. The lowest BCUT2D eigenvalue weighted by Crippen LogP contribution is -2.24. The third-order valence-electron chi connectivity index (χ3n) is 6.69. The summed E-state index contributed by atoms with van der Waals surface area (Å²) in [4.78, 5) is 0. The SMILES string of the molecule is CC1CCC(CCc2ccc(-c3ccc(-c4ccc(C5CO5)c(F)c4F)cc3)c(F)c2)OC1. The zero-order valence-electron chi connectivity index (χ0n) is 18.6. The number of rotatable bonds is 6. The highest BCUT2D eigenvalue weighted by Crippen LogP contribution is 2.36. The van der Waals surface area contributed by atoms with Gasteiger partial charge in [0.1, 0.15) is 11.9 Å². The average Bonchev–Trinajstić information content (AvgIpc) is 3.66. The van der Waals surface area contributed by atoms with Crippen LogP contribution in [0.25, 0.3) is 22.3 Å². The molecule has 5 rings (SSSR count). The van der Waals surface area contributed by atoms with Crippen molar-refractivity contribution in [1.82, 2.24) is 0 Å². The van der Waals surface area contributed by atoms with Crippen molar-refractivity contribution >= 4 is 0 Å². The van der Waals surface area contributed by atoms with Gasteiger partial charge in [-0.3, -0.25) is 0 Å². The molecule has 0 N–H and O–H groups in total. The highest BCUT2D eigenvalue weighted by atomic mass is 19.2. The maximum atomic E-state index is 14.9. The molecule has 2 aliphatic heterocycles. The van der Waals surface area contributed by atoms with Gasteiger partial charge >= 0.3 is 0 Å². The van der Waals surface area contributed by atoms with Gasteiger partial charge in [-0.05, 0) is 54.4 Å². The Morgan fingerprint density at radius 2 is 1.48 bits per heavy atom. The molecule has 3 aromatic rings. The second-order valence-corrected chi connectivity index (χ2v) is 9.22. The van der Waals surface area contributed by atoms with Gasteiger partial charge in [0.2, 0.25) is 0 Å². The Balaban J connectivity index is 1.28. The molecular formula is C28H27F3O2. The molecule has 3 aromatic carbocycles. The fraction of sp³-hybridized carbons (Fsp3) is 0.357. The molecule has 0 spiro atoms. The minimum atomic E-state index is -0.886. The van der Waals surface area contributed by atoms with E-state index in [1.165, 1.54) is 6.42 Å². The zero-order valence-corrected chi connectivity index (χ0v) is 18.6. The first-order valence-corrected chi connectivity index (χ1v) is 11.6. The topological polar surface area (TPSA) is 21.8 Å². The van der Waals surface area contributed by atoms with Crippen molar-refractivity contribution in [3.05, 3.63) is 83.2 Å². The van der Waals surface area contributed by atoms with E-state index in [2.05, 4.69) is 6.92 Å². The Bertz CT molecular complexity index is 1130. The molecular weight excluding hydrogens is 425 g/mol. The van der Waals surface area contributed by atoms with Gasteiger partial charge in [0, 0.05) is 23.3 Å².